The zero-order chi connectivity index (χ0) is 13.5. The number of anilines is 1. The number of carbonyl (C=O) groups excluding carboxylic acids is 1. The van der Waals surface area contributed by atoms with E-state index in [1.54, 1.807) is 7.11 Å². The number of rotatable bonds is 6. The summed E-state index contributed by atoms with van der Waals surface area (Å²) < 4.78 is 4.85. The van der Waals surface area contributed by atoms with Crippen molar-refractivity contribution < 1.29 is 14.5 Å². The van der Waals surface area contributed by atoms with E-state index in [0.29, 0.717) is 18.8 Å². The number of methoxy groups -OCH3 is 1. The van der Waals surface area contributed by atoms with Crippen LogP contribution in [-0.2, 0) is 4.74 Å². The number of amides is 1. The predicted octanol–water partition coefficient (Wildman–Crippen LogP) is 1.01. The van der Waals surface area contributed by atoms with Gasteiger partial charge in [-0.2, -0.15) is 0 Å². The molecular formula is C11H15N3O4. The molecule has 0 saturated carbocycles. The van der Waals surface area contributed by atoms with Gasteiger partial charge in [-0.15, -0.1) is 0 Å². The average Bonchev–Trinajstić information content (AvgIpc) is 2.38. The summed E-state index contributed by atoms with van der Waals surface area (Å²) in [6.07, 6.45) is 0. The van der Waals surface area contributed by atoms with Gasteiger partial charge in [-0.25, -0.2) is 0 Å². The van der Waals surface area contributed by atoms with Crippen LogP contribution in [0.1, 0.15) is 10.4 Å². The van der Waals surface area contributed by atoms with Crippen LogP contribution in [-0.4, -0.2) is 38.1 Å². The SMILES string of the molecule is CNC(=O)c1ccc(NCCOC)c([N+](=O)[O-])c1. The lowest BCUT2D eigenvalue weighted by Crippen LogP contribution is -2.18. The van der Waals surface area contributed by atoms with Crippen molar-refractivity contribution in [3.05, 3.63) is 33.9 Å². The van der Waals surface area contributed by atoms with Crippen molar-refractivity contribution in [1.29, 1.82) is 0 Å². The smallest absolute Gasteiger partial charge is 0.293 e. The summed E-state index contributed by atoms with van der Waals surface area (Å²) >= 11 is 0. The number of hydrogen-bond acceptors (Lipinski definition) is 5. The maximum absolute atomic E-state index is 11.4. The van der Waals surface area contributed by atoms with Crippen LogP contribution in [0.4, 0.5) is 11.4 Å². The molecule has 0 spiro atoms. The Kier molecular flexibility index (Phi) is 5.06. The molecular weight excluding hydrogens is 238 g/mol. The van der Waals surface area contributed by atoms with Crippen LogP contribution in [0.25, 0.3) is 0 Å². The molecule has 0 heterocycles. The number of nitrogens with zero attached hydrogens (tertiary/aromatic N) is 1. The monoisotopic (exact) mass is 253 g/mol. The Morgan fingerprint density at radius 2 is 2.22 bits per heavy atom. The molecule has 0 atom stereocenters. The van der Waals surface area contributed by atoms with Crippen molar-refractivity contribution >= 4 is 17.3 Å². The lowest BCUT2D eigenvalue weighted by molar-refractivity contribution is -0.384. The quantitative estimate of drug-likeness (QED) is 0.448. The molecule has 1 aromatic rings. The van der Waals surface area contributed by atoms with Crippen LogP contribution in [0.3, 0.4) is 0 Å². The van der Waals surface area contributed by atoms with Gasteiger partial charge in [-0.1, -0.05) is 0 Å². The second-order valence-electron chi connectivity index (χ2n) is 3.49. The average molecular weight is 253 g/mol. The van der Waals surface area contributed by atoms with E-state index in [4.69, 9.17) is 4.74 Å². The van der Waals surface area contributed by atoms with E-state index in [2.05, 4.69) is 10.6 Å². The summed E-state index contributed by atoms with van der Waals surface area (Å²) in [7, 11) is 3.02. The number of nitro groups is 1. The minimum Gasteiger partial charge on any atom is -0.383 e. The van der Waals surface area contributed by atoms with Gasteiger partial charge in [0, 0.05) is 32.3 Å². The predicted molar refractivity (Wildman–Crippen MR) is 66.9 cm³/mol. The number of nitro benzene ring substituents is 1. The molecule has 0 saturated heterocycles. The number of hydrogen-bond donors (Lipinski definition) is 2. The Hall–Kier alpha value is -2.15. The van der Waals surface area contributed by atoms with E-state index in [1.165, 1.54) is 25.2 Å². The fraction of sp³-hybridized carbons (Fsp3) is 0.364. The fourth-order valence-corrected chi connectivity index (χ4v) is 1.41. The molecule has 1 amide bonds. The normalized spacial score (nSPS) is 9.89. The van der Waals surface area contributed by atoms with Crippen molar-refractivity contribution in [2.24, 2.45) is 0 Å². The van der Waals surface area contributed by atoms with Crippen LogP contribution in [0.15, 0.2) is 18.2 Å². The minimum absolute atomic E-state index is 0.132. The molecule has 0 unspecified atom stereocenters. The third kappa shape index (κ3) is 3.42. The third-order valence-corrected chi connectivity index (χ3v) is 2.31. The van der Waals surface area contributed by atoms with Crippen molar-refractivity contribution in [3.63, 3.8) is 0 Å². The molecule has 98 valence electrons. The van der Waals surface area contributed by atoms with E-state index < -0.39 is 4.92 Å². The number of benzene rings is 1. The maximum atomic E-state index is 11.4. The molecule has 7 heteroatoms. The lowest BCUT2D eigenvalue weighted by atomic mass is 10.1. The molecule has 0 bridgehead atoms. The van der Waals surface area contributed by atoms with Crippen molar-refractivity contribution in [3.8, 4) is 0 Å². The van der Waals surface area contributed by atoms with Crippen LogP contribution in [0, 0.1) is 10.1 Å². The molecule has 0 aliphatic heterocycles. The van der Waals surface area contributed by atoms with Gasteiger partial charge in [0.05, 0.1) is 11.5 Å². The summed E-state index contributed by atoms with van der Waals surface area (Å²) in [5.41, 5.74) is 0.485. The summed E-state index contributed by atoms with van der Waals surface area (Å²) in [4.78, 5) is 21.8. The van der Waals surface area contributed by atoms with Gasteiger partial charge in [0.15, 0.2) is 0 Å². The van der Waals surface area contributed by atoms with Crippen LogP contribution in [0.2, 0.25) is 0 Å². The van der Waals surface area contributed by atoms with Crippen LogP contribution >= 0.6 is 0 Å². The first-order chi connectivity index (χ1) is 8.60. The summed E-state index contributed by atoms with van der Waals surface area (Å²) in [6.45, 7) is 0.894. The highest BCUT2D eigenvalue weighted by molar-refractivity contribution is 5.95. The Labute approximate surface area is 104 Å². The fourth-order valence-electron chi connectivity index (χ4n) is 1.41. The first-order valence-electron chi connectivity index (χ1n) is 5.33. The largest absolute Gasteiger partial charge is 0.383 e. The molecule has 0 fully saturated rings. The second kappa shape index (κ2) is 6.55. The number of ether oxygens (including phenoxy) is 1. The Balaban J connectivity index is 2.97. The Bertz CT molecular complexity index is 448. The van der Waals surface area contributed by atoms with Crippen LogP contribution < -0.4 is 10.6 Å². The van der Waals surface area contributed by atoms with E-state index in [1.807, 2.05) is 0 Å². The van der Waals surface area contributed by atoms with Gasteiger partial charge in [0.25, 0.3) is 11.6 Å². The zero-order valence-corrected chi connectivity index (χ0v) is 10.2. The van der Waals surface area contributed by atoms with E-state index in [0.717, 1.165) is 0 Å². The summed E-state index contributed by atoms with van der Waals surface area (Å²) in [6, 6.07) is 4.29. The lowest BCUT2D eigenvalue weighted by Gasteiger charge is -2.07. The van der Waals surface area contributed by atoms with E-state index in [9.17, 15) is 14.9 Å². The first-order valence-corrected chi connectivity index (χ1v) is 5.33. The molecule has 7 nitrogen and oxygen atoms in total. The van der Waals surface area contributed by atoms with E-state index in [-0.39, 0.29) is 17.2 Å². The van der Waals surface area contributed by atoms with Crippen molar-refractivity contribution in [2.75, 3.05) is 32.6 Å². The maximum Gasteiger partial charge on any atom is 0.293 e. The number of nitrogens with one attached hydrogen (secondary N) is 2. The molecule has 0 aliphatic carbocycles. The first kappa shape index (κ1) is 13.9. The van der Waals surface area contributed by atoms with Gasteiger partial charge in [0.2, 0.25) is 0 Å². The molecule has 0 radical (unpaired) electrons. The summed E-state index contributed by atoms with van der Waals surface area (Å²) in [5.74, 6) is -0.360. The van der Waals surface area contributed by atoms with Crippen molar-refractivity contribution in [2.45, 2.75) is 0 Å². The van der Waals surface area contributed by atoms with Gasteiger partial charge in [-0.3, -0.25) is 14.9 Å². The van der Waals surface area contributed by atoms with E-state index >= 15 is 0 Å². The Morgan fingerprint density at radius 3 is 2.78 bits per heavy atom. The molecule has 18 heavy (non-hydrogen) atoms. The minimum atomic E-state index is -0.526. The highest BCUT2D eigenvalue weighted by atomic mass is 16.6. The second-order valence-corrected chi connectivity index (χ2v) is 3.49. The molecule has 1 aromatic carbocycles. The highest BCUT2D eigenvalue weighted by Crippen LogP contribution is 2.25. The standard InChI is InChI=1S/C11H15N3O4/c1-12-11(15)8-3-4-9(13-5-6-18-2)10(7-8)14(16)17/h3-4,7,13H,5-6H2,1-2H3,(H,12,15). The van der Waals surface area contributed by atoms with Gasteiger partial charge in [0.1, 0.15) is 5.69 Å². The highest BCUT2D eigenvalue weighted by Gasteiger charge is 2.16. The number of carbonyl (C=O) groups is 1. The topological polar surface area (TPSA) is 93.5 Å². The van der Waals surface area contributed by atoms with Crippen molar-refractivity contribution in [1.82, 2.24) is 5.32 Å². The zero-order valence-electron chi connectivity index (χ0n) is 10.2. The molecule has 0 aromatic heterocycles. The van der Waals surface area contributed by atoms with Gasteiger partial charge < -0.3 is 15.4 Å². The summed E-state index contributed by atoms with van der Waals surface area (Å²) in [5, 5.41) is 16.2. The molecule has 2 N–H and O–H groups in total. The van der Waals surface area contributed by atoms with Gasteiger partial charge >= 0.3 is 0 Å². The third-order valence-electron chi connectivity index (χ3n) is 2.31. The molecule has 0 aliphatic rings. The van der Waals surface area contributed by atoms with Crippen LogP contribution in [0.5, 0.6) is 0 Å². The molecule has 1 rings (SSSR count). The van der Waals surface area contributed by atoms with Gasteiger partial charge in [-0.05, 0) is 12.1 Å². The Morgan fingerprint density at radius 1 is 1.50 bits per heavy atom.